The number of para-hydroxylation sites is 1. The van der Waals surface area contributed by atoms with Gasteiger partial charge in [-0.1, -0.05) is 23.8 Å². The second-order valence-electron chi connectivity index (χ2n) is 6.49. The maximum absolute atomic E-state index is 12.3. The molecule has 3 N–H and O–H groups in total. The van der Waals surface area contributed by atoms with Crippen molar-refractivity contribution in [1.29, 1.82) is 0 Å². The number of hydrogen-bond acceptors (Lipinski definition) is 5. The van der Waals surface area contributed by atoms with Crippen molar-refractivity contribution in [3.8, 4) is 11.5 Å². The van der Waals surface area contributed by atoms with Crippen LogP contribution < -0.4 is 15.5 Å². The Morgan fingerprint density at radius 2 is 1.57 bits per heavy atom. The number of amides is 2. The number of nitrogens with one attached hydrogen (secondary N) is 2. The number of aryl methyl sites for hydroxylation is 1. The summed E-state index contributed by atoms with van der Waals surface area (Å²) in [5.74, 6) is -0.403. The number of phenols is 1. The molecule has 0 aliphatic heterocycles. The SMILES string of the molecule is COc1cccc(C=NNC(=O)c2ccc(NC(=O)c3ccc(C)cc3)cc2)c1O. The van der Waals surface area contributed by atoms with E-state index in [0.717, 1.165) is 5.56 Å². The van der Waals surface area contributed by atoms with Gasteiger partial charge in [0.2, 0.25) is 0 Å². The summed E-state index contributed by atoms with van der Waals surface area (Å²) in [6.45, 7) is 1.95. The van der Waals surface area contributed by atoms with E-state index < -0.39 is 5.91 Å². The molecule has 7 nitrogen and oxygen atoms in total. The minimum Gasteiger partial charge on any atom is -0.504 e. The molecule has 0 aromatic heterocycles. The highest BCUT2D eigenvalue weighted by molar-refractivity contribution is 6.04. The molecule has 0 unspecified atom stereocenters. The van der Waals surface area contributed by atoms with Gasteiger partial charge in [0.15, 0.2) is 11.5 Å². The number of methoxy groups -OCH3 is 1. The molecule has 0 heterocycles. The molecule has 0 radical (unpaired) electrons. The van der Waals surface area contributed by atoms with E-state index in [2.05, 4.69) is 15.8 Å². The third-order valence-electron chi connectivity index (χ3n) is 4.34. The maximum Gasteiger partial charge on any atom is 0.271 e. The number of phenolic OH excluding ortho intramolecular Hbond substituents is 1. The number of benzene rings is 3. The Morgan fingerprint density at radius 1 is 0.933 bits per heavy atom. The lowest BCUT2D eigenvalue weighted by atomic mass is 10.1. The van der Waals surface area contributed by atoms with Crippen LogP contribution in [0.25, 0.3) is 0 Å². The van der Waals surface area contributed by atoms with Crippen LogP contribution in [-0.2, 0) is 0 Å². The molecule has 0 fully saturated rings. The topological polar surface area (TPSA) is 100 Å². The van der Waals surface area contributed by atoms with E-state index >= 15 is 0 Å². The van der Waals surface area contributed by atoms with E-state index in [9.17, 15) is 14.7 Å². The van der Waals surface area contributed by atoms with Crippen LogP contribution in [0.2, 0.25) is 0 Å². The summed E-state index contributed by atoms with van der Waals surface area (Å²) in [7, 11) is 1.45. The largest absolute Gasteiger partial charge is 0.504 e. The van der Waals surface area contributed by atoms with E-state index in [1.807, 2.05) is 19.1 Å². The van der Waals surface area contributed by atoms with Gasteiger partial charge in [0, 0.05) is 22.4 Å². The first-order valence-corrected chi connectivity index (χ1v) is 9.15. The molecule has 3 rings (SSSR count). The predicted octanol–water partition coefficient (Wildman–Crippen LogP) is 3.73. The van der Waals surface area contributed by atoms with Crippen molar-refractivity contribution >= 4 is 23.7 Å². The van der Waals surface area contributed by atoms with Crippen LogP contribution >= 0.6 is 0 Å². The third-order valence-corrected chi connectivity index (χ3v) is 4.34. The Bertz CT molecular complexity index is 1070. The number of hydrogen-bond donors (Lipinski definition) is 3. The summed E-state index contributed by atoms with van der Waals surface area (Å²) < 4.78 is 5.03. The smallest absolute Gasteiger partial charge is 0.271 e. The molecule has 152 valence electrons. The second-order valence-corrected chi connectivity index (χ2v) is 6.49. The zero-order valence-corrected chi connectivity index (χ0v) is 16.5. The number of nitrogens with zero attached hydrogens (tertiary/aromatic N) is 1. The first kappa shape index (κ1) is 20.6. The lowest BCUT2D eigenvalue weighted by Gasteiger charge is -2.07. The molecular formula is C23H21N3O4. The Kier molecular flexibility index (Phi) is 6.44. The molecule has 0 saturated heterocycles. The molecule has 3 aromatic carbocycles. The van der Waals surface area contributed by atoms with Gasteiger partial charge in [-0.15, -0.1) is 0 Å². The Hall–Kier alpha value is -4.13. The number of aromatic hydroxyl groups is 1. The van der Waals surface area contributed by atoms with E-state index in [-0.39, 0.29) is 11.7 Å². The van der Waals surface area contributed by atoms with E-state index in [0.29, 0.717) is 28.1 Å². The summed E-state index contributed by atoms with van der Waals surface area (Å²) in [5, 5.41) is 16.7. The normalized spacial score (nSPS) is 10.6. The van der Waals surface area contributed by atoms with Crippen molar-refractivity contribution < 1.29 is 19.4 Å². The van der Waals surface area contributed by atoms with Crippen molar-refractivity contribution in [3.05, 3.63) is 89.0 Å². The monoisotopic (exact) mass is 403 g/mol. The van der Waals surface area contributed by atoms with Crippen molar-refractivity contribution in [2.45, 2.75) is 6.92 Å². The molecule has 0 bridgehead atoms. The molecule has 2 amide bonds. The average molecular weight is 403 g/mol. The zero-order chi connectivity index (χ0) is 21.5. The highest BCUT2D eigenvalue weighted by Gasteiger charge is 2.08. The predicted molar refractivity (Wildman–Crippen MR) is 115 cm³/mol. The van der Waals surface area contributed by atoms with E-state index in [1.165, 1.54) is 13.3 Å². The van der Waals surface area contributed by atoms with Crippen LogP contribution in [0.5, 0.6) is 11.5 Å². The van der Waals surface area contributed by atoms with Crippen LogP contribution in [0.4, 0.5) is 5.69 Å². The minimum atomic E-state index is -0.426. The van der Waals surface area contributed by atoms with Gasteiger partial charge in [-0.2, -0.15) is 5.10 Å². The van der Waals surface area contributed by atoms with Gasteiger partial charge in [-0.25, -0.2) is 5.43 Å². The van der Waals surface area contributed by atoms with Crippen LogP contribution in [0.15, 0.2) is 71.8 Å². The van der Waals surface area contributed by atoms with Gasteiger partial charge >= 0.3 is 0 Å². The van der Waals surface area contributed by atoms with E-state index in [4.69, 9.17) is 4.74 Å². The fourth-order valence-corrected chi connectivity index (χ4v) is 2.65. The molecule has 3 aromatic rings. The lowest BCUT2D eigenvalue weighted by Crippen LogP contribution is -2.18. The molecule has 0 aliphatic rings. The van der Waals surface area contributed by atoms with Crippen LogP contribution in [0.3, 0.4) is 0 Å². The molecule has 0 spiro atoms. The van der Waals surface area contributed by atoms with Crippen molar-refractivity contribution in [3.63, 3.8) is 0 Å². The van der Waals surface area contributed by atoms with Gasteiger partial charge in [-0.3, -0.25) is 9.59 Å². The number of carbonyl (C=O) groups excluding carboxylic acids is 2. The average Bonchev–Trinajstić information content (AvgIpc) is 2.75. The highest BCUT2D eigenvalue weighted by atomic mass is 16.5. The number of rotatable bonds is 6. The molecule has 7 heteroatoms. The first-order valence-electron chi connectivity index (χ1n) is 9.15. The van der Waals surface area contributed by atoms with E-state index in [1.54, 1.807) is 54.6 Å². The molecule has 0 aliphatic carbocycles. The molecular weight excluding hydrogens is 382 g/mol. The summed E-state index contributed by atoms with van der Waals surface area (Å²) in [6, 6.07) is 18.6. The molecule has 30 heavy (non-hydrogen) atoms. The van der Waals surface area contributed by atoms with Gasteiger partial charge < -0.3 is 15.2 Å². The van der Waals surface area contributed by atoms with Crippen LogP contribution in [0, 0.1) is 6.92 Å². The maximum atomic E-state index is 12.3. The van der Waals surface area contributed by atoms with Crippen molar-refractivity contribution in [1.82, 2.24) is 5.43 Å². The number of hydrazone groups is 1. The lowest BCUT2D eigenvalue weighted by molar-refractivity contribution is 0.0954. The Morgan fingerprint density at radius 3 is 2.23 bits per heavy atom. The number of anilines is 1. The molecule has 0 saturated carbocycles. The van der Waals surface area contributed by atoms with Gasteiger partial charge in [0.05, 0.1) is 13.3 Å². The third kappa shape index (κ3) is 5.02. The summed E-state index contributed by atoms with van der Waals surface area (Å²) in [4.78, 5) is 24.5. The second kappa shape index (κ2) is 9.38. The highest BCUT2D eigenvalue weighted by Crippen LogP contribution is 2.27. The number of carbonyl (C=O) groups is 2. The van der Waals surface area contributed by atoms with Crippen LogP contribution in [-0.4, -0.2) is 30.2 Å². The van der Waals surface area contributed by atoms with Crippen molar-refractivity contribution in [2.75, 3.05) is 12.4 Å². The fourth-order valence-electron chi connectivity index (χ4n) is 2.65. The summed E-state index contributed by atoms with van der Waals surface area (Å²) in [6.07, 6.45) is 1.33. The summed E-state index contributed by atoms with van der Waals surface area (Å²) >= 11 is 0. The molecule has 0 atom stereocenters. The zero-order valence-electron chi connectivity index (χ0n) is 16.5. The standard InChI is InChI=1S/C23H21N3O4/c1-15-6-8-16(9-7-15)22(28)25-19-12-10-17(11-13-19)23(29)26-24-14-18-4-3-5-20(30-2)21(18)27/h3-14,27H,1-2H3,(H,25,28)(H,26,29). The van der Waals surface area contributed by atoms with Gasteiger partial charge in [0.25, 0.3) is 11.8 Å². The first-order chi connectivity index (χ1) is 14.5. The Labute approximate surface area is 174 Å². The van der Waals surface area contributed by atoms with Gasteiger partial charge in [-0.05, 0) is 55.5 Å². The van der Waals surface area contributed by atoms with Crippen LogP contribution in [0.1, 0.15) is 31.8 Å². The minimum absolute atomic E-state index is 0.0633. The van der Waals surface area contributed by atoms with Crippen molar-refractivity contribution in [2.24, 2.45) is 5.10 Å². The summed E-state index contributed by atoms with van der Waals surface area (Å²) in [5.41, 5.74) is 5.37. The van der Waals surface area contributed by atoms with Gasteiger partial charge in [0.1, 0.15) is 0 Å². The fraction of sp³-hybridized carbons (Fsp3) is 0.0870. The Balaban J connectivity index is 1.60. The quantitative estimate of drug-likeness (QED) is 0.431. The number of ether oxygens (including phenoxy) is 1.